The number of benzene rings is 5. The van der Waals surface area contributed by atoms with Gasteiger partial charge in [0.15, 0.2) is 0 Å². The third-order valence-electron chi connectivity index (χ3n) is 6.33. The second kappa shape index (κ2) is 7.26. The maximum Gasteiger partial charge on any atom is 0.270 e. The molecule has 6 rings (SSSR count). The lowest BCUT2D eigenvalue weighted by molar-refractivity contribution is -0.384. The largest absolute Gasteiger partial charge is 0.321 e. The molecule has 0 spiro atoms. The Morgan fingerprint density at radius 2 is 1.47 bits per heavy atom. The van der Waals surface area contributed by atoms with Gasteiger partial charge in [0.2, 0.25) is 0 Å². The zero-order chi connectivity index (χ0) is 23.4. The summed E-state index contributed by atoms with van der Waals surface area (Å²) in [5, 5.41) is 27.5. The van der Waals surface area contributed by atoms with Crippen molar-refractivity contribution < 1.29 is 4.92 Å². The molecule has 0 saturated carbocycles. The average Bonchev–Trinajstić information content (AvgIpc) is 2.87. The van der Waals surface area contributed by atoms with Crippen molar-refractivity contribution in [3.05, 3.63) is 111 Å². The van der Waals surface area contributed by atoms with Crippen LogP contribution >= 0.6 is 0 Å². The van der Waals surface area contributed by atoms with Crippen molar-refractivity contribution >= 4 is 38.0 Å². The minimum atomic E-state index is -0.535. The molecule has 1 aromatic heterocycles. The Labute approximate surface area is 192 Å². The third-order valence-corrected chi connectivity index (χ3v) is 6.33. The first-order chi connectivity index (χ1) is 16.5. The lowest BCUT2D eigenvalue weighted by Gasteiger charge is -2.15. The first-order valence-electron chi connectivity index (χ1n) is 10.6. The predicted molar refractivity (Wildman–Crippen MR) is 133 cm³/mol. The highest BCUT2D eigenvalue weighted by molar-refractivity contribution is 6.25. The summed E-state index contributed by atoms with van der Waals surface area (Å²) in [5.74, 6) is 0. The normalized spacial score (nSPS) is 11.3. The maximum absolute atomic E-state index is 12.9. The van der Waals surface area contributed by atoms with Gasteiger partial charge in [-0.3, -0.25) is 14.9 Å². The number of nitro benzene ring substituents is 1. The van der Waals surface area contributed by atoms with Gasteiger partial charge in [0.1, 0.15) is 11.6 Å². The lowest BCUT2D eigenvalue weighted by atomic mass is 9.88. The van der Waals surface area contributed by atoms with Gasteiger partial charge in [-0.2, -0.15) is 5.26 Å². The number of nitro groups is 1. The molecule has 0 saturated heterocycles. The molecular weight excluding hydrogens is 426 g/mol. The van der Waals surface area contributed by atoms with E-state index >= 15 is 0 Å². The molecule has 34 heavy (non-hydrogen) atoms. The maximum atomic E-state index is 12.9. The topological polar surface area (TPSA) is 99.8 Å². The fraction of sp³-hybridized carbons (Fsp3) is 0. The fourth-order valence-corrected chi connectivity index (χ4v) is 4.80. The minimum absolute atomic E-state index is 0.00390. The van der Waals surface area contributed by atoms with E-state index < -0.39 is 10.5 Å². The molecule has 6 nitrogen and oxygen atoms in total. The number of nitriles is 1. The van der Waals surface area contributed by atoms with E-state index in [1.165, 1.54) is 12.1 Å². The highest BCUT2D eigenvalue weighted by Gasteiger charge is 2.18. The summed E-state index contributed by atoms with van der Waals surface area (Å²) in [7, 11) is 0. The van der Waals surface area contributed by atoms with Gasteiger partial charge in [-0.1, -0.05) is 66.7 Å². The molecule has 0 aliphatic rings. The van der Waals surface area contributed by atoms with E-state index in [9.17, 15) is 20.2 Å². The molecule has 0 unspecified atom stereocenters. The number of non-ortho nitro benzene ring substituents is 1. The van der Waals surface area contributed by atoms with Crippen molar-refractivity contribution in [1.82, 2.24) is 4.98 Å². The highest BCUT2D eigenvalue weighted by atomic mass is 16.6. The van der Waals surface area contributed by atoms with Crippen molar-refractivity contribution in [2.75, 3.05) is 0 Å². The Kier molecular flexibility index (Phi) is 4.19. The quantitative estimate of drug-likeness (QED) is 0.195. The van der Waals surface area contributed by atoms with Crippen LogP contribution in [0.25, 0.3) is 54.7 Å². The van der Waals surface area contributed by atoms with Gasteiger partial charge in [-0.15, -0.1) is 0 Å². The zero-order valence-electron chi connectivity index (χ0n) is 17.7. The van der Waals surface area contributed by atoms with E-state index in [0.29, 0.717) is 16.8 Å². The molecule has 0 aliphatic carbocycles. The van der Waals surface area contributed by atoms with Crippen LogP contribution in [0, 0.1) is 21.4 Å². The van der Waals surface area contributed by atoms with Gasteiger partial charge in [-0.25, -0.2) is 0 Å². The molecule has 0 amide bonds. The van der Waals surface area contributed by atoms with Crippen LogP contribution in [0.5, 0.6) is 0 Å². The molecule has 0 atom stereocenters. The number of nitrogens with zero attached hydrogens (tertiary/aromatic N) is 2. The van der Waals surface area contributed by atoms with Crippen molar-refractivity contribution in [1.29, 1.82) is 5.26 Å². The summed E-state index contributed by atoms with van der Waals surface area (Å²) in [5.41, 5.74) is 1.55. The van der Waals surface area contributed by atoms with Crippen LogP contribution in [0.3, 0.4) is 0 Å². The van der Waals surface area contributed by atoms with Crippen molar-refractivity contribution in [2.45, 2.75) is 0 Å². The van der Waals surface area contributed by atoms with Gasteiger partial charge in [0.25, 0.3) is 11.2 Å². The zero-order valence-corrected chi connectivity index (χ0v) is 17.7. The number of H-pyrrole nitrogens is 1. The Hall–Kier alpha value is -5.02. The monoisotopic (exact) mass is 441 g/mol. The first-order valence-corrected chi connectivity index (χ1v) is 10.6. The predicted octanol–water partition coefficient (Wildman–Crippen LogP) is 6.39. The Morgan fingerprint density at radius 3 is 2.21 bits per heavy atom. The smallest absolute Gasteiger partial charge is 0.270 e. The van der Waals surface area contributed by atoms with Crippen LogP contribution in [-0.2, 0) is 0 Å². The van der Waals surface area contributed by atoms with E-state index in [1.807, 2.05) is 36.4 Å². The number of nitrogens with one attached hydrogen (secondary N) is 1. The van der Waals surface area contributed by atoms with E-state index in [-0.39, 0.29) is 11.3 Å². The molecule has 0 aliphatic heterocycles. The summed E-state index contributed by atoms with van der Waals surface area (Å²) in [6.45, 7) is 0. The Balaban J connectivity index is 1.68. The lowest BCUT2D eigenvalue weighted by Crippen LogP contribution is -2.12. The molecule has 1 N–H and O–H groups in total. The number of aromatic nitrogens is 1. The van der Waals surface area contributed by atoms with Crippen LogP contribution in [0.2, 0.25) is 0 Å². The number of aromatic amines is 1. The minimum Gasteiger partial charge on any atom is -0.321 e. The van der Waals surface area contributed by atoms with Crippen LogP contribution in [0.15, 0.2) is 89.7 Å². The standard InChI is InChI=1S/C28H15N3O3/c29-15-24-23(14-25(30-28(24)32)19-5-2-6-20(13-19)31(33)34)21-11-9-18-8-7-16-3-1-4-17-10-12-22(21)27(18)26(16)17/h1-14H,(H,30,32). The van der Waals surface area contributed by atoms with Crippen molar-refractivity contribution in [2.24, 2.45) is 0 Å². The average molecular weight is 441 g/mol. The third kappa shape index (κ3) is 2.85. The van der Waals surface area contributed by atoms with E-state index in [1.54, 1.807) is 18.2 Å². The number of hydrogen-bond acceptors (Lipinski definition) is 4. The number of hydrogen-bond donors (Lipinski definition) is 1. The highest BCUT2D eigenvalue weighted by Crippen LogP contribution is 2.40. The van der Waals surface area contributed by atoms with Crippen LogP contribution in [-0.4, -0.2) is 9.91 Å². The molecule has 5 aromatic carbocycles. The van der Waals surface area contributed by atoms with E-state index in [0.717, 1.165) is 37.9 Å². The number of pyridine rings is 1. The summed E-state index contributed by atoms with van der Waals surface area (Å²) >= 11 is 0. The Bertz CT molecular complexity index is 1860. The molecular formula is C28H15N3O3. The SMILES string of the molecule is N#Cc1c(-c2ccc3ccc4cccc5ccc2c3c45)cc(-c2cccc([N+](=O)[O-])c2)[nH]c1=O. The first kappa shape index (κ1) is 19.6. The van der Waals surface area contributed by atoms with Gasteiger partial charge >= 0.3 is 0 Å². The second-order valence-electron chi connectivity index (χ2n) is 8.19. The molecule has 6 aromatic rings. The molecule has 6 heteroatoms. The van der Waals surface area contributed by atoms with Gasteiger partial charge in [-0.05, 0) is 43.9 Å². The molecule has 0 fully saturated rings. The van der Waals surface area contributed by atoms with E-state index in [2.05, 4.69) is 29.2 Å². The van der Waals surface area contributed by atoms with Crippen LogP contribution in [0.4, 0.5) is 5.69 Å². The van der Waals surface area contributed by atoms with Crippen molar-refractivity contribution in [3.8, 4) is 28.5 Å². The fourth-order valence-electron chi connectivity index (χ4n) is 4.80. The van der Waals surface area contributed by atoms with Gasteiger partial charge in [0.05, 0.1) is 4.92 Å². The molecule has 0 bridgehead atoms. The van der Waals surface area contributed by atoms with Crippen LogP contribution < -0.4 is 5.56 Å². The molecule has 160 valence electrons. The summed E-state index contributed by atoms with van der Waals surface area (Å²) in [6.07, 6.45) is 0. The summed E-state index contributed by atoms with van der Waals surface area (Å²) in [6, 6.07) is 28.2. The van der Waals surface area contributed by atoms with Gasteiger partial charge < -0.3 is 4.98 Å². The van der Waals surface area contributed by atoms with Gasteiger partial charge in [0, 0.05) is 29.0 Å². The Morgan fingerprint density at radius 1 is 0.794 bits per heavy atom. The summed E-state index contributed by atoms with van der Waals surface area (Å²) < 4.78 is 0. The van der Waals surface area contributed by atoms with E-state index in [4.69, 9.17) is 0 Å². The molecule has 1 heterocycles. The number of rotatable bonds is 3. The molecule has 0 radical (unpaired) electrons. The second-order valence-corrected chi connectivity index (χ2v) is 8.19. The summed E-state index contributed by atoms with van der Waals surface area (Å²) in [4.78, 5) is 26.4. The van der Waals surface area contributed by atoms with Crippen LogP contribution in [0.1, 0.15) is 5.56 Å². The van der Waals surface area contributed by atoms with Crippen molar-refractivity contribution in [3.63, 3.8) is 0 Å².